The monoisotopic (exact) mass is 315 g/mol. The van der Waals surface area contributed by atoms with Gasteiger partial charge in [0.2, 0.25) is 5.91 Å². The molecule has 2 aliphatic rings. The first-order valence-corrected chi connectivity index (χ1v) is 8.38. The lowest BCUT2D eigenvalue weighted by Gasteiger charge is -2.32. The molecule has 0 radical (unpaired) electrons. The van der Waals surface area contributed by atoms with Crippen LogP contribution in [0.2, 0.25) is 0 Å². The highest BCUT2D eigenvalue weighted by Gasteiger charge is 2.16. The number of benzene rings is 1. The molecule has 5 nitrogen and oxygen atoms in total. The molecule has 3 rings (SSSR count). The number of morpholine rings is 1. The number of carbonyl (C=O) groups excluding carboxylic acids is 1. The van der Waals surface area contributed by atoms with Crippen molar-refractivity contribution >= 4 is 17.7 Å². The van der Waals surface area contributed by atoms with Crippen LogP contribution in [-0.4, -0.2) is 56.2 Å². The van der Waals surface area contributed by atoms with E-state index < -0.39 is 0 Å². The van der Waals surface area contributed by atoms with Crippen LogP contribution in [0.5, 0.6) is 0 Å². The van der Waals surface area contributed by atoms with Crippen LogP contribution in [-0.2, 0) is 9.53 Å². The van der Waals surface area contributed by atoms with E-state index in [1.807, 2.05) is 11.0 Å². The van der Waals surface area contributed by atoms with Gasteiger partial charge < -0.3 is 20.3 Å². The van der Waals surface area contributed by atoms with E-state index in [1.165, 1.54) is 5.69 Å². The first kappa shape index (κ1) is 16.0. The van der Waals surface area contributed by atoms with Crippen molar-refractivity contribution in [3.63, 3.8) is 0 Å². The third-order valence-electron chi connectivity index (χ3n) is 4.54. The molecule has 23 heavy (non-hydrogen) atoms. The molecule has 1 amide bonds. The third kappa shape index (κ3) is 4.33. The van der Waals surface area contributed by atoms with Crippen molar-refractivity contribution < 1.29 is 9.53 Å². The summed E-state index contributed by atoms with van der Waals surface area (Å²) in [6.45, 7) is 4.66. The highest BCUT2D eigenvalue weighted by Crippen LogP contribution is 2.20. The van der Waals surface area contributed by atoms with Crippen molar-refractivity contribution in [3.8, 4) is 0 Å². The fourth-order valence-corrected chi connectivity index (χ4v) is 3.01. The SMILES string of the molecule is NC1CCN(c2ccc(C=CC(=O)N3CCOCC3)cc2)CC1. The van der Waals surface area contributed by atoms with Crippen LogP contribution >= 0.6 is 0 Å². The molecule has 124 valence electrons. The molecule has 0 unspecified atom stereocenters. The van der Waals surface area contributed by atoms with Crippen molar-refractivity contribution in [3.05, 3.63) is 35.9 Å². The van der Waals surface area contributed by atoms with E-state index in [0.717, 1.165) is 31.5 Å². The number of nitrogens with zero attached hydrogens (tertiary/aromatic N) is 2. The van der Waals surface area contributed by atoms with Crippen molar-refractivity contribution in [2.75, 3.05) is 44.3 Å². The van der Waals surface area contributed by atoms with E-state index >= 15 is 0 Å². The second kappa shape index (κ2) is 7.62. The van der Waals surface area contributed by atoms with Gasteiger partial charge in [0.25, 0.3) is 0 Å². The molecule has 2 heterocycles. The van der Waals surface area contributed by atoms with Crippen molar-refractivity contribution in [1.82, 2.24) is 4.90 Å². The van der Waals surface area contributed by atoms with E-state index in [2.05, 4.69) is 29.2 Å². The minimum Gasteiger partial charge on any atom is -0.378 e. The summed E-state index contributed by atoms with van der Waals surface area (Å²) < 4.78 is 5.26. The number of piperidine rings is 1. The highest BCUT2D eigenvalue weighted by atomic mass is 16.5. The summed E-state index contributed by atoms with van der Waals surface area (Å²) in [5.41, 5.74) is 8.22. The van der Waals surface area contributed by atoms with E-state index in [9.17, 15) is 4.79 Å². The summed E-state index contributed by atoms with van der Waals surface area (Å²) in [5.74, 6) is 0.0578. The van der Waals surface area contributed by atoms with Crippen LogP contribution in [0.15, 0.2) is 30.3 Å². The second-order valence-electron chi connectivity index (χ2n) is 6.19. The molecule has 0 bridgehead atoms. The van der Waals surface area contributed by atoms with Gasteiger partial charge in [0.05, 0.1) is 13.2 Å². The summed E-state index contributed by atoms with van der Waals surface area (Å²) in [4.78, 5) is 16.3. The predicted molar refractivity (Wildman–Crippen MR) is 92.3 cm³/mol. The normalized spacial score (nSPS) is 20.2. The average Bonchev–Trinajstić information content (AvgIpc) is 2.61. The quantitative estimate of drug-likeness (QED) is 0.859. The lowest BCUT2D eigenvalue weighted by molar-refractivity contribution is -0.129. The number of anilines is 1. The summed E-state index contributed by atoms with van der Waals surface area (Å²) in [5, 5.41) is 0. The number of nitrogens with two attached hydrogens (primary N) is 1. The van der Waals surface area contributed by atoms with Gasteiger partial charge in [0, 0.05) is 44.0 Å². The first-order chi connectivity index (χ1) is 11.2. The van der Waals surface area contributed by atoms with Crippen LogP contribution in [0.4, 0.5) is 5.69 Å². The zero-order valence-corrected chi connectivity index (χ0v) is 13.5. The molecular formula is C18H25N3O2. The van der Waals surface area contributed by atoms with Gasteiger partial charge in [-0.05, 0) is 36.6 Å². The number of ether oxygens (including phenoxy) is 1. The van der Waals surface area contributed by atoms with Gasteiger partial charge in [-0.1, -0.05) is 12.1 Å². The number of hydrogen-bond acceptors (Lipinski definition) is 4. The standard InChI is InChI=1S/C18H25N3O2/c19-16-7-9-20(10-8-16)17-4-1-15(2-5-17)3-6-18(22)21-11-13-23-14-12-21/h1-6,16H,7-14,19H2. The van der Waals surface area contributed by atoms with Gasteiger partial charge in [0.15, 0.2) is 0 Å². The van der Waals surface area contributed by atoms with Crippen LogP contribution in [0.25, 0.3) is 6.08 Å². The van der Waals surface area contributed by atoms with Gasteiger partial charge >= 0.3 is 0 Å². The van der Waals surface area contributed by atoms with E-state index in [0.29, 0.717) is 32.3 Å². The van der Waals surface area contributed by atoms with Gasteiger partial charge in [-0.3, -0.25) is 4.79 Å². The first-order valence-electron chi connectivity index (χ1n) is 8.38. The Morgan fingerprint density at radius 2 is 1.74 bits per heavy atom. The van der Waals surface area contributed by atoms with Gasteiger partial charge in [-0.2, -0.15) is 0 Å². The Labute approximate surface area is 137 Å². The van der Waals surface area contributed by atoms with Gasteiger partial charge in [-0.25, -0.2) is 0 Å². The minimum absolute atomic E-state index is 0.0578. The van der Waals surface area contributed by atoms with E-state index in [1.54, 1.807) is 6.08 Å². The molecule has 0 spiro atoms. The molecule has 0 atom stereocenters. The maximum absolute atomic E-state index is 12.1. The number of rotatable bonds is 3. The molecule has 0 saturated carbocycles. The number of carbonyl (C=O) groups is 1. The highest BCUT2D eigenvalue weighted by molar-refractivity contribution is 5.91. The molecular weight excluding hydrogens is 290 g/mol. The van der Waals surface area contributed by atoms with Crippen molar-refractivity contribution in [2.24, 2.45) is 5.73 Å². The van der Waals surface area contributed by atoms with Crippen LogP contribution < -0.4 is 10.6 Å². The van der Waals surface area contributed by atoms with Gasteiger partial charge in [-0.15, -0.1) is 0 Å². The Balaban J connectivity index is 1.56. The summed E-state index contributed by atoms with van der Waals surface area (Å²) in [6, 6.07) is 8.71. The molecule has 5 heteroatoms. The molecule has 2 N–H and O–H groups in total. The lowest BCUT2D eigenvalue weighted by Crippen LogP contribution is -2.39. The summed E-state index contributed by atoms with van der Waals surface area (Å²) in [6.07, 6.45) is 5.64. The van der Waals surface area contributed by atoms with Crippen LogP contribution in [0.1, 0.15) is 18.4 Å². The Bertz CT molecular complexity index is 542. The summed E-state index contributed by atoms with van der Waals surface area (Å²) in [7, 11) is 0. The molecule has 2 fully saturated rings. The maximum atomic E-state index is 12.1. The predicted octanol–water partition coefficient (Wildman–Crippen LogP) is 1.49. The zero-order chi connectivity index (χ0) is 16.1. The number of hydrogen-bond donors (Lipinski definition) is 1. The Morgan fingerprint density at radius 1 is 1.09 bits per heavy atom. The molecule has 2 saturated heterocycles. The second-order valence-corrected chi connectivity index (χ2v) is 6.19. The van der Waals surface area contributed by atoms with Crippen LogP contribution in [0, 0.1) is 0 Å². The number of amides is 1. The lowest BCUT2D eigenvalue weighted by atomic mass is 10.0. The maximum Gasteiger partial charge on any atom is 0.246 e. The summed E-state index contributed by atoms with van der Waals surface area (Å²) >= 11 is 0. The average molecular weight is 315 g/mol. The van der Waals surface area contributed by atoms with Gasteiger partial charge in [0.1, 0.15) is 0 Å². The van der Waals surface area contributed by atoms with E-state index in [-0.39, 0.29) is 5.91 Å². The fraction of sp³-hybridized carbons (Fsp3) is 0.500. The van der Waals surface area contributed by atoms with Crippen molar-refractivity contribution in [1.29, 1.82) is 0 Å². The molecule has 0 aromatic heterocycles. The molecule has 2 aliphatic heterocycles. The van der Waals surface area contributed by atoms with Crippen LogP contribution in [0.3, 0.4) is 0 Å². The Hall–Kier alpha value is -1.85. The smallest absolute Gasteiger partial charge is 0.246 e. The molecule has 1 aromatic rings. The van der Waals surface area contributed by atoms with E-state index in [4.69, 9.17) is 10.5 Å². The van der Waals surface area contributed by atoms with Crippen molar-refractivity contribution in [2.45, 2.75) is 18.9 Å². The topological polar surface area (TPSA) is 58.8 Å². The largest absolute Gasteiger partial charge is 0.378 e. The molecule has 0 aliphatic carbocycles. The minimum atomic E-state index is 0.0578. The Morgan fingerprint density at radius 3 is 2.39 bits per heavy atom. The Kier molecular flexibility index (Phi) is 5.31. The third-order valence-corrected chi connectivity index (χ3v) is 4.54. The zero-order valence-electron chi connectivity index (χ0n) is 13.5. The molecule has 1 aromatic carbocycles. The fourth-order valence-electron chi connectivity index (χ4n) is 3.01.